The molecule has 1 aromatic heterocycles. The van der Waals surface area contributed by atoms with E-state index >= 15 is 0 Å². The summed E-state index contributed by atoms with van der Waals surface area (Å²) in [6.07, 6.45) is 3.24. The van der Waals surface area contributed by atoms with Crippen LogP contribution in [0.5, 0.6) is 0 Å². The van der Waals surface area contributed by atoms with Gasteiger partial charge in [0.2, 0.25) is 0 Å². The first-order valence-electron chi connectivity index (χ1n) is 8.69. The number of primary amides is 1. The Bertz CT molecular complexity index is 836. The molecule has 7 nitrogen and oxygen atoms in total. The number of urea groups is 2. The Labute approximate surface area is 173 Å². The average molecular weight is 420 g/mol. The van der Waals surface area contributed by atoms with Gasteiger partial charge in [0, 0.05) is 13.1 Å². The van der Waals surface area contributed by atoms with E-state index in [1.54, 1.807) is 17.1 Å². The Kier molecular flexibility index (Phi) is 7.47. The van der Waals surface area contributed by atoms with Crippen molar-refractivity contribution in [3.05, 3.63) is 49.6 Å². The Hall–Kier alpha value is -2.52. The quantitative estimate of drug-likeness (QED) is 0.329. The van der Waals surface area contributed by atoms with Crippen LogP contribution < -0.4 is 16.4 Å². The number of carbonyl (C=O) groups is 2. The molecule has 0 saturated heterocycles. The van der Waals surface area contributed by atoms with Crippen LogP contribution in [0.1, 0.15) is 13.8 Å². The maximum atomic E-state index is 12.8. The van der Waals surface area contributed by atoms with Crippen molar-refractivity contribution >= 4 is 45.4 Å². The summed E-state index contributed by atoms with van der Waals surface area (Å²) in [5.41, 5.74) is 6.24. The second-order valence-electron chi connectivity index (χ2n) is 6.21. The molecule has 1 heterocycles. The Balaban J connectivity index is 2.43. The van der Waals surface area contributed by atoms with Crippen molar-refractivity contribution in [1.29, 1.82) is 0 Å². The molecule has 0 bridgehead atoms. The number of aromatic nitrogens is 1. The topological polar surface area (TPSA) is 100 Å². The van der Waals surface area contributed by atoms with Gasteiger partial charge in [-0.2, -0.15) is 0 Å². The molecule has 9 heteroatoms. The number of para-hydroxylation sites is 1. The fourth-order valence-electron chi connectivity index (χ4n) is 2.65. The van der Waals surface area contributed by atoms with Gasteiger partial charge >= 0.3 is 12.1 Å². The zero-order valence-electron chi connectivity index (χ0n) is 16.0. The van der Waals surface area contributed by atoms with Crippen molar-refractivity contribution in [2.24, 2.45) is 5.73 Å². The number of hydrogen-bond donors (Lipinski definition) is 3. The first-order valence-corrected chi connectivity index (χ1v) is 10.3. The highest BCUT2D eigenvalue weighted by atomic mass is 32.2. The van der Waals surface area contributed by atoms with Gasteiger partial charge in [0.15, 0.2) is 4.34 Å². The third-order valence-corrected chi connectivity index (χ3v) is 6.80. The number of nitrogens with zero attached hydrogens (tertiary/aromatic N) is 2. The summed E-state index contributed by atoms with van der Waals surface area (Å²) in [4.78, 5) is 29.7. The maximum absolute atomic E-state index is 12.8. The van der Waals surface area contributed by atoms with E-state index in [2.05, 4.69) is 28.8 Å². The predicted octanol–water partition coefficient (Wildman–Crippen LogP) is 3.55. The maximum Gasteiger partial charge on any atom is 0.319 e. The number of rotatable bonds is 9. The van der Waals surface area contributed by atoms with Crippen LogP contribution in [0.25, 0.3) is 10.2 Å². The zero-order valence-corrected chi connectivity index (χ0v) is 17.6. The molecule has 1 aromatic carbocycles. The molecule has 2 atom stereocenters. The van der Waals surface area contributed by atoms with Crippen molar-refractivity contribution in [3.8, 4) is 0 Å². The standard InChI is InChI=1S/C19H25N5O2S2/c1-5-11-21-17(26)24(12-6-2)19(4,13(3)22-16(20)25)28-18-23-14-9-7-8-10-15(14)27-18/h5-10,13H,1-2,11-12H2,3-4H3,(H,21,26)(H3,20,22,25). The molecule has 2 aromatic rings. The summed E-state index contributed by atoms with van der Waals surface area (Å²) in [7, 11) is 0. The van der Waals surface area contributed by atoms with Crippen molar-refractivity contribution in [2.75, 3.05) is 13.1 Å². The molecular formula is C19H25N5O2S2. The van der Waals surface area contributed by atoms with Crippen molar-refractivity contribution < 1.29 is 9.59 Å². The molecule has 0 saturated carbocycles. The molecule has 28 heavy (non-hydrogen) atoms. The van der Waals surface area contributed by atoms with Crippen molar-refractivity contribution in [3.63, 3.8) is 0 Å². The smallest absolute Gasteiger partial charge is 0.319 e. The summed E-state index contributed by atoms with van der Waals surface area (Å²) < 4.78 is 1.83. The highest BCUT2D eigenvalue weighted by Gasteiger charge is 2.42. The lowest BCUT2D eigenvalue weighted by molar-refractivity contribution is 0.160. The molecule has 2 rings (SSSR count). The third-order valence-electron chi connectivity index (χ3n) is 4.22. The lowest BCUT2D eigenvalue weighted by Crippen LogP contribution is -2.61. The van der Waals surface area contributed by atoms with Crippen LogP contribution in [0, 0.1) is 0 Å². The van der Waals surface area contributed by atoms with E-state index in [-0.39, 0.29) is 12.6 Å². The number of amides is 4. The minimum absolute atomic E-state index is 0.280. The second-order valence-corrected chi connectivity index (χ2v) is 8.91. The van der Waals surface area contributed by atoms with Crippen LogP contribution in [0.2, 0.25) is 0 Å². The number of fused-ring (bicyclic) bond motifs is 1. The van der Waals surface area contributed by atoms with Crippen LogP contribution in [-0.2, 0) is 0 Å². The first kappa shape index (κ1) is 21.8. The van der Waals surface area contributed by atoms with E-state index in [1.807, 2.05) is 38.1 Å². The summed E-state index contributed by atoms with van der Waals surface area (Å²) in [5, 5.41) is 5.50. The van der Waals surface area contributed by atoms with Gasteiger partial charge in [0.05, 0.1) is 16.3 Å². The Morgan fingerprint density at radius 2 is 2.11 bits per heavy atom. The van der Waals surface area contributed by atoms with E-state index in [4.69, 9.17) is 5.73 Å². The van der Waals surface area contributed by atoms with E-state index in [9.17, 15) is 9.59 Å². The number of hydrogen-bond acceptors (Lipinski definition) is 5. The van der Waals surface area contributed by atoms with Crippen LogP contribution in [0.4, 0.5) is 9.59 Å². The molecule has 0 radical (unpaired) electrons. The van der Waals surface area contributed by atoms with Crippen LogP contribution in [0.3, 0.4) is 0 Å². The first-order chi connectivity index (χ1) is 13.3. The molecule has 2 unspecified atom stereocenters. The van der Waals surface area contributed by atoms with Gasteiger partial charge in [-0.3, -0.25) is 0 Å². The van der Waals surface area contributed by atoms with E-state index < -0.39 is 16.9 Å². The number of carbonyl (C=O) groups excluding carboxylic acids is 2. The van der Waals surface area contributed by atoms with Gasteiger partial charge in [-0.05, 0) is 26.0 Å². The SMILES string of the molecule is C=CCNC(=O)N(CC=C)C(C)(Sc1nc2ccccc2s1)C(C)NC(N)=O. The summed E-state index contributed by atoms with van der Waals surface area (Å²) in [6.45, 7) is 11.7. The molecule has 150 valence electrons. The van der Waals surface area contributed by atoms with Gasteiger partial charge < -0.3 is 21.3 Å². The minimum Gasteiger partial charge on any atom is -0.352 e. The number of thiazole rings is 1. The van der Waals surface area contributed by atoms with E-state index in [1.165, 1.54) is 23.1 Å². The fourth-order valence-corrected chi connectivity index (χ4v) is 5.29. The van der Waals surface area contributed by atoms with Gasteiger partial charge in [0.25, 0.3) is 0 Å². The summed E-state index contributed by atoms with van der Waals surface area (Å²) >= 11 is 2.94. The summed E-state index contributed by atoms with van der Waals surface area (Å²) in [5.74, 6) is 0. The number of thioether (sulfide) groups is 1. The largest absolute Gasteiger partial charge is 0.352 e. The minimum atomic E-state index is -0.873. The Morgan fingerprint density at radius 1 is 1.39 bits per heavy atom. The van der Waals surface area contributed by atoms with Gasteiger partial charge in [-0.25, -0.2) is 14.6 Å². The molecule has 0 aliphatic heterocycles. The van der Waals surface area contributed by atoms with Crippen LogP contribution in [0.15, 0.2) is 53.9 Å². The lowest BCUT2D eigenvalue weighted by atomic mass is 10.1. The molecule has 4 amide bonds. The average Bonchev–Trinajstić information content (AvgIpc) is 3.05. The lowest BCUT2D eigenvalue weighted by Gasteiger charge is -2.43. The zero-order chi connectivity index (χ0) is 20.7. The van der Waals surface area contributed by atoms with Gasteiger partial charge in [0.1, 0.15) is 4.87 Å². The van der Waals surface area contributed by atoms with Crippen LogP contribution >= 0.6 is 23.1 Å². The van der Waals surface area contributed by atoms with Gasteiger partial charge in [-0.1, -0.05) is 36.0 Å². The van der Waals surface area contributed by atoms with E-state index in [0.29, 0.717) is 6.54 Å². The monoisotopic (exact) mass is 419 g/mol. The normalized spacial score (nSPS) is 13.9. The third kappa shape index (κ3) is 5.05. The molecule has 0 aliphatic carbocycles. The highest BCUT2D eigenvalue weighted by Crippen LogP contribution is 2.41. The van der Waals surface area contributed by atoms with Crippen molar-refractivity contribution in [2.45, 2.75) is 29.1 Å². The number of nitrogens with two attached hydrogens (primary N) is 1. The van der Waals surface area contributed by atoms with Crippen molar-refractivity contribution in [1.82, 2.24) is 20.5 Å². The van der Waals surface area contributed by atoms with Gasteiger partial charge in [-0.15, -0.1) is 24.5 Å². The number of benzene rings is 1. The number of nitrogens with one attached hydrogen (secondary N) is 2. The molecular weight excluding hydrogens is 394 g/mol. The second kappa shape index (κ2) is 9.61. The molecule has 0 spiro atoms. The van der Waals surface area contributed by atoms with Crippen LogP contribution in [-0.4, -0.2) is 45.9 Å². The Morgan fingerprint density at radius 3 is 2.71 bits per heavy atom. The highest BCUT2D eigenvalue weighted by molar-refractivity contribution is 8.02. The molecule has 0 aliphatic rings. The van der Waals surface area contributed by atoms with E-state index in [0.717, 1.165) is 14.6 Å². The molecule has 0 fully saturated rings. The predicted molar refractivity (Wildman–Crippen MR) is 117 cm³/mol. The summed E-state index contributed by atoms with van der Waals surface area (Å²) in [6, 6.07) is 6.41. The molecule has 4 N–H and O–H groups in total. The fraction of sp³-hybridized carbons (Fsp3) is 0.316.